The first-order valence-electron chi connectivity index (χ1n) is 4.98. The molecule has 1 saturated carbocycles. The Morgan fingerprint density at radius 3 is 2.73 bits per heavy atom. The van der Waals surface area contributed by atoms with Crippen LogP contribution in [-0.2, 0) is 10.2 Å². The van der Waals surface area contributed by atoms with Gasteiger partial charge in [-0.15, -0.1) is 0 Å². The Labute approximate surface area is 85.9 Å². The van der Waals surface area contributed by atoms with Gasteiger partial charge in [-0.2, -0.15) is 0 Å². The van der Waals surface area contributed by atoms with Crippen molar-refractivity contribution in [3.8, 4) is 5.75 Å². The summed E-state index contributed by atoms with van der Waals surface area (Å²) in [7, 11) is 0. The van der Waals surface area contributed by atoms with Crippen molar-refractivity contribution in [1.29, 1.82) is 0 Å². The van der Waals surface area contributed by atoms with Crippen molar-refractivity contribution in [1.82, 2.24) is 0 Å². The van der Waals surface area contributed by atoms with Crippen LogP contribution in [0.5, 0.6) is 5.75 Å². The molecule has 1 spiro atoms. The summed E-state index contributed by atoms with van der Waals surface area (Å²) in [4.78, 5) is 11.7. The Hall–Kier alpha value is -1.58. The smallest absolute Gasteiger partial charge is 0.235 e. The molecule has 1 fully saturated rings. The van der Waals surface area contributed by atoms with E-state index < -0.39 is 11.2 Å². The molecule has 0 aromatic heterocycles. The van der Waals surface area contributed by atoms with Crippen molar-refractivity contribution < 1.29 is 14.3 Å². The van der Waals surface area contributed by atoms with Crippen molar-refractivity contribution in [3.63, 3.8) is 0 Å². The lowest BCUT2D eigenvalue weighted by Gasteiger charge is -2.36. The third-order valence-corrected chi connectivity index (χ3v) is 3.49. The van der Waals surface area contributed by atoms with Crippen molar-refractivity contribution in [2.24, 2.45) is 0 Å². The van der Waals surface area contributed by atoms with Gasteiger partial charge in [-0.3, -0.25) is 4.79 Å². The molecule has 0 radical (unpaired) electrons. The van der Waals surface area contributed by atoms with Crippen LogP contribution in [0.4, 0.5) is 10.1 Å². The highest BCUT2D eigenvalue weighted by Gasteiger charge is 2.53. The van der Waals surface area contributed by atoms with Crippen molar-refractivity contribution >= 4 is 11.6 Å². The molecule has 3 nitrogen and oxygen atoms in total. The lowest BCUT2D eigenvalue weighted by atomic mass is 9.65. The maximum Gasteiger partial charge on any atom is 0.235 e. The molecule has 4 heteroatoms. The summed E-state index contributed by atoms with van der Waals surface area (Å²) in [5.74, 6) is -1.16. The number of fused-ring (bicyclic) bond motifs is 2. The Kier molecular flexibility index (Phi) is 1.45. The summed E-state index contributed by atoms with van der Waals surface area (Å²) in [6, 6.07) is 2.82. The summed E-state index contributed by atoms with van der Waals surface area (Å²) in [6.07, 6.45) is 2.28. The molecule has 1 aliphatic heterocycles. The summed E-state index contributed by atoms with van der Waals surface area (Å²) >= 11 is 0. The van der Waals surface area contributed by atoms with Crippen molar-refractivity contribution in [2.45, 2.75) is 24.7 Å². The van der Waals surface area contributed by atoms with E-state index >= 15 is 0 Å². The van der Waals surface area contributed by atoms with Gasteiger partial charge in [0.1, 0.15) is 0 Å². The maximum atomic E-state index is 13.8. The summed E-state index contributed by atoms with van der Waals surface area (Å²) in [6.45, 7) is 0. The number of benzene rings is 1. The second-order valence-electron chi connectivity index (χ2n) is 4.21. The SMILES string of the molecule is O=C1Nc2ccc(O)c(F)c2C12CCC2. The number of amides is 1. The zero-order chi connectivity index (χ0) is 10.6. The van der Waals surface area contributed by atoms with Crippen LogP contribution in [0.15, 0.2) is 12.1 Å². The number of halogens is 1. The molecule has 0 atom stereocenters. The molecule has 1 aromatic carbocycles. The monoisotopic (exact) mass is 207 g/mol. The van der Waals surface area contributed by atoms with Crippen LogP contribution in [-0.4, -0.2) is 11.0 Å². The third kappa shape index (κ3) is 0.868. The van der Waals surface area contributed by atoms with E-state index in [4.69, 9.17) is 0 Å². The molecule has 1 aliphatic carbocycles. The number of rotatable bonds is 0. The number of anilines is 1. The van der Waals surface area contributed by atoms with Gasteiger partial charge in [0.05, 0.1) is 5.41 Å². The number of carbonyl (C=O) groups is 1. The van der Waals surface area contributed by atoms with E-state index in [-0.39, 0.29) is 11.7 Å². The maximum absolute atomic E-state index is 13.8. The van der Waals surface area contributed by atoms with E-state index in [1.807, 2.05) is 0 Å². The number of hydrogen-bond acceptors (Lipinski definition) is 2. The van der Waals surface area contributed by atoms with Crippen LogP contribution in [0.25, 0.3) is 0 Å². The van der Waals surface area contributed by atoms with Crippen molar-refractivity contribution in [3.05, 3.63) is 23.5 Å². The average Bonchev–Trinajstić information content (AvgIpc) is 2.44. The number of phenols is 1. The minimum absolute atomic E-state index is 0.131. The minimum atomic E-state index is -0.696. The van der Waals surface area contributed by atoms with Gasteiger partial charge in [-0.1, -0.05) is 6.42 Å². The Morgan fingerprint density at radius 1 is 1.40 bits per heavy atom. The zero-order valence-corrected chi connectivity index (χ0v) is 8.01. The molecule has 0 bridgehead atoms. The van der Waals surface area contributed by atoms with Gasteiger partial charge in [0.15, 0.2) is 11.6 Å². The zero-order valence-electron chi connectivity index (χ0n) is 8.01. The van der Waals surface area contributed by atoms with Crippen molar-refractivity contribution in [2.75, 3.05) is 5.32 Å². The molecule has 78 valence electrons. The molecule has 3 rings (SSSR count). The van der Waals surface area contributed by atoms with Crippen LogP contribution in [0, 0.1) is 5.82 Å². The normalized spacial score (nSPS) is 21.0. The number of nitrogens with one attached hydrogen (secondary N) is 1. The van der Waals surface area contributed by atoms with E-state index in [1.54, 1.807) is 6.07 Å². The first-order valence-corrected chi connectivity index (χ1v) is 4.98. The molecule has 1 heterocycles. The highest BCUT2D eigenvalue weighted by molar-refractivity contribution is 6.07. The molecule has 15 heavy (non-hydrogen) atoms. The van der Waals surface area contributed by atoms with Gasteiger partial charge in [0, 0.05) is 11.3 Å². The predicted octanol–water partition coefficient (Wildman–Crippen LogP) is 1.91. The summed E-state index contributed by atoms with van der Waals surface area (Å²) in [5, 5.41) is 12.0. The molecule has 0 unspecified atom stereocenters. The lowest BCUT2D eigenvalue weighted by molar-refractivity contribution is -0.123. The van der Waals surface area contributed by atoms with Crippen LogP contribution >= 0.6 is 0 Å². The van der Waals surface area contributed by atoms with E-state index in [9.17, 15) is 14.3 Å². The van der Waals surface area contributed by atoms with Gasteiger partial charge in [-0.25, -0.2) is 4.39 Å². The highest BCUT2D eigenvalue weighted by Crippen LogP contribution is 2.52. The first-order chi connectivity index (χ1) is 7.15. The van der Waals surface area contributed by atoms with Crippen LogP contribution in [0.2, 0.25) is 0 Å². The fourth-order valence-corrected chi connectivity index (χ4v) is 2.50. The molecule has 0 saturated heterocycles. The number of hydrogen-bond donors (Lipinski definition) is 2. The largest absolute Gasteiger partial charge is 0.505 e. The summed E-state index contributed by atoms with van der Waals surface area (Å²) in [5.41, 5.74) is 0.173. The molecular weight excluding hydrogens is 197 g/mol. The lowest BCUT2D eigenvalue weighted by Crippen LogP contribution is -2.41. The second-order valence-corrected chi connectivity index (χ2v) is 4.21. The third-order valence-electron chi connectivity index (χ3n) is 3.49. The standard InChI is InChI=1S/C11H10FNO2/c12-9-7(14)3-2-6-8(9)11(4-1-5-11)10(15)13-6/h2-3,14H,1,4-5H2,(H,13,15). The Balaban J connectivity index is 2.27. The minimum Gasteiger partial charge on any atom is -0.505 e. The number of aromatic hydroxyl groups is 1. The molecule has 2 aliphatic rings. The van der Waals surface area contributed by atoms with Crippen LogP contribution in [0.3, 0.4) is 0 Å². The van der Waals surface area contributed by atoms with Gasteiger partial charge in [0.2, 0.25) is 5.91 Å². The fraction of sp³-hybridized carbons (Fsp3) is 0.364. The molecule has 1 aromatic rings. The molecular formula is C11H10FNO2. The highest BCUT2D eigenvalue weighted by atomic mass is 19.1. The van der Waals surface area contributed by atoms with E-state index in [2.05, 4.69) is 5.32 Å². The number of carbonyl (C=O) groups excluding carboxylic acids is 1. The van der Waals surface area contributed by atoms with Gasteiger partial charge < -0.3 is 10.4 Å². The van der Waals surface area contributed by atoms with Gasteiger partial charge in [-0.05, 0) is 25.0 Å². The molecule has 2 N–H and O–H groups in total. The number of phenolic OH excluding ortho intramolecular Hbond substituents is 1. The Bertz CT molecular complexity index is 466. The van der Waals surface area contributed by atoms with Crippen LogP contribution < -0.4 is 5.32 Å². The van der Waals surface area contributed by atoms with E-state index in [0.717, 1.165) is 6.42 Å². The van der Waals surface area contributed by atoms with Crippen LogP contribution in [0.1, 0.15) is 24.8 Å². The second kappa shape index (κ2) is 2.51. The first kappa shape index (κ1) is 8.71. The van der Waals surface area contributed by atoms with Gasteiger partial charge >= 0.3 is 0 Å². The Morgan fingerprint density at radius 2 is 2.13 bits per heavy atom. The molecule has 1 amide bonds. The van der Waals surface area contributed by atoms with E-state index in [0.29, 0.717) is 24.1 Å². The predicted molar refractivity (Wildman–Crippen MR) is 52.2 cm³/mol. The quantitative estimate of drug-likeness (QED) is 0.638. The average molecular weight is 207 g/mol. The fourth-order valence-electron chi connectivity index (χ4n) is 2.50. The van der Waals surface area contributed by atoms with Gasteiger partial charge in [0.25, 0.3) is 0 Å². The van der Waals surface area contributed by atoms with E-state index in [1.165, 1.54) is 6.07 Å². The topological polar surface area (TPSA) is 49.3 Å². The summed E-state index contributed by atoms with van der Waals surface area (Å²) < 4.78 is 13.8.